The van der Waals surface area contributed by atoms with E-state index in [1.165, 1.54) is 0 Å². The zero-order chi connectivity index (χ0) is 11.2. The number of thiol groups is 1. The highest BCUT2D eigenvalue weighted by Crippen LogP contribution is 2.37. The Labute approximate surface area is 93.6 Å². The number of rotatable bonds is 0. The van der Waals surface area contributed by atoms with Gasteiger partial charge in [-0.2, -0.15) is 0 Å². The van der Waals surface area contributed by atoms with E-state index < -0.39 is 0 Å². The van der Waals surface area contributed by atoms with Crippen LogP contribution < -0.4 is 0 Å². The minimum Gasteiger partial charge on any atom is -0.508 e. The van der Waals surface area contributed by atoms with Gasteiger partial charge in [-0.3, -0.25) is 0 Å². The molecule has 2 N–H and O–H groups in total. The second-order valence-corrected chi connectivity index (χ2v) is 4.12. The number of fused-ring (bicyclic) bond motifs is 1. The van der Waals surface area contributed by atoms with Gasteiger partial charge in [0.15, 0.2) is 0 Å². The van der Waals surface area contributed by atoms with Gasteiger partial charge in [0.2, 0.25) is 0 Å². The first-order valence-corrected chi connectivity index (χ1v) is 5.11. The van der Waals surface area contributed by atoms with Gasteiger partial charge < -0.3 is 10.2 Å². The molecule has 0 amide bonds. The molecule has 15 heavy (non-hydrogen) atoms. The minimum atomic E-state index is 0.181. The van der Waals surface area contributed by atoms with Crippen molar-refractivity contribution in [1.29, 1.82) is 0 Å². The van der Waals surface area contributed by atoms with Crippen molar-refractivity contribution in [2.45, 2.75) is 18.7 Å². The molecule has 2 aromatic rings. The molecule has 2 nitrogen and oxygen atoms in total. The van der Waals surface area contributed by atoms with Crippen LogP contribution in [-0.2, 0) is 0 Å². The Morgan fingerprint density at radius 1 is 1.00 bits per heavy atom. The summed E-state index contributed by atoms with van der Waals surface area (Å²) in [4.78, 5) is 0.802. The summed E-state index contributed by atoms with van der Waals surface area (Å²) in [6, 6.07) is 4.88. The van der Waals surface area contributed by atoms with Crippen molar-refractivity contribution in [2.75, 3.05) is 0 Å². The summed E-state index contributed by atoms with van der Waals surface area (Å²) in [7, 11) is 0. The zero-order valence-electron chi connectivity index (χ0n) is 8.57. The molecule has 0 aliphatic heterocycles. The highest BCUT2D eigenvalue weighted by molar-refractivity contribution is 7.80. The SMILES string of the molecule is Cc1c(C)c(S)c2cc(O)ccc2c1O. The number of hydrogen-bond donors (Lipinski definition) is 3. The standard InChI is InChI=1S/C12H12O2S/c1-6-7(2)12(15)10-5-8(13)3-4-9(10)11(6)14/h3-5,13-15H,1-2H3. The van der Waals surface area contributed by atoms with Gasteiger partial charge in [0, 0.05) is 15.7 Å². The fourth-order valence-electron chi connectivity index (χ4n) is 1.69. The number of aromatic hydroxyl groups is 2. The first-order chi connectivity index (χ1) is 7.02. The van der Waals surface area contributed by atoms with Crippen LogP contribution in [0.1, 0.15) is 11.1 Å². The van der Waals surface area contributed by atoms with Crippen LogP contribution in [0, 0.1) is 13.8 Å². The Bertz CT molecular complexity index is 547. The summed E-state index contributed by atoms with van der Waals surface area (Å²) >= 11 is 4.41. The van der Waals surface area contributed by atoms with E-state index in [1.807, 2.05) is 13.8 Å². The summed E-state index contributed by atoms with van der Waals surface area (Å²) < 4.78 is 0. The van der Waals surface area contributed by atoms with Crippen molar-refractivity contribution in [2.24, 2.45) is 0 Å². The lowest BCUT2D eigenvalue weighted by atomic mass is 10.0. The summed E-state index contributed by atoms with van der Waals surface area (Å²) in [6.07, 6.45) is 0. The average Bonchev–Trinajstić information content (AvgIpc) is 2.23. The lowest BCUT2D eigenvalue weighted by Crippen LogP contribution is -1.87. The van der Waals surface area contributed by atoms with E-state index in [9.17, 15) is 10.2 Å². The van der Waals surface area contributed by atoms with E-state index >= 15 is 0 Å². The van der Waals surface area contributed by atoms with Crippen LogP contribution in [0.4, 0.5) is 0 Å². The third-order valence-electron chi connectivity index (χ3n) is 2.79. The third-order valence-corrected chi connectivity index (χ3v) is 3.36. The van der Waals surface area contributed by atoms with Crippen LogP contribution in [0.3, 0.4) is 0 Å². The van der Waals surface area contributed by atoms with Gasteiger partial charge in [0.25, 0.3) is 0 Å². The zero-order valence-corrected chi connectivity index (χ0v) is 9.47. The molecule has 0 saturated carbocycles. The first-order valence-electron chi connectivity index (χ1n) is 4.66. The van der Waals surface area contributed by atoms with Crippen molar-refractivity contribution in [3.05, 3.63) is 29.3 Å². The molecule has 0 atom stereocenters. The van der Waals surface area contributed by atoms with Crippen molar-refractivity contribution < 1.29 is 10.2 Å². The van der Waals surface area contributed by atoms with Crippen LogP contribution >= 0.6 is 12.6 Å². The van der Waals surface area contributed by atoms with Crippen LogP contribution in [0.2, 0.25) is 0 Å². The number of hydrogen-bond acceptors (Lipinski definition) is 3. The Kier molecular flexibility index (Phi) is 2.27. The van der Waals surface area contributed by atoms with Gasteiger partial charge in [0.1, 0.15) is 11.5 Å². The predicted molar refractivity (Wildman–Crippen MR) is 64.0 cm³/mol. The molecule has 2 aromatic carbocycles. The van der Waals surface area contributed by atoms with E-state index in [4.69, 9.17) is 0 Å². The summed E-state index contributed by atoms with van der Waals surface area (Å²) in [5.74, 6) is 0.445. The molecule has 0 aliphatic carbocycles. The molecule has 78 valence electrons. The normalized spacial score (nSPS) is 10.9. The highest BCUT2D eigenvalue weighted by Gasteiger charge is 2.11. The molecule has 0 bridgehead atoms. The smallest absolute Gasteiger partial charge is 0.126 e. The van der Waals surface area contributed by atoms with Crippen molar-refractivity contribution in [1.82, 2.24) is 0 Å². The average molecular weight is 220 g/mol. The van der Waals surface area contributed by atoms with Gasteiger partial charge in [-0.05, 0) is 43.2 Å². The van der Waals surface area contributed by atoms with Crippen LogP contribution in [-0.4, -0.2) is 10.2 Å². The van der Waals surface area contributed by atoms with Gasteiger partial charge >= 0.3 is 0 Å². The molecule has 0 spiro atoms. The van der Waals surface area contributed by atoms with Crippen molar-refractivity contribution in [3.8, 4) is 11.5 Å². The van der Waals surface area contributed by atoms with Crippen LogP contribution in [0.25, 0.3) is 10.8 Å². The van der Waals surface area contributed by atoms with E-state index in [1.54, 1.807) is 18.2 Å². The second kappa shape index (κ2) is 3.35. The summed E-state index contributed by atoms with van der Waals surface area (Å²) in [5.41, 5.74) is 1.77. The first kappa shape index (κ1) is 10.2. The number of phenolic OH excluding ortho intramolecular Hbond substituents is 2. The maximum absolute atomic E-state index is 9.94. The largest absolute Gasteiger partial charge is 0.508 e. The van der Waals surface area contributed by atoms with E-state index in [-0.39, 0.29) is 11.5 Å². The van der Waals surface area contributed by atoms with E-state index in [2.05, 4.69) is 12.6 Å². The molecule has 0 radical (unpaired) electrons. The number of phenols is 2. The Hall–Kier alpha value is -1.35. The second-order valence-electron chi connectivity index (χ2n) is 3.68. The molecule has 0 saturated heterocycles. The molecular weight excluding hydrogens is 208 g/mol. The van der Waals surface area contributed by atoms with E-state index in [0.717, 1.165) is 26.8 Å². The fraction of sp³-hybridized carbons (Fsp3) is 0.167. The molecule has 0 unspecified atom stereocenters. The van der Waals surface area contributed by atoms with Gasteiger partial charge in [-0.1, -0.05) is 0 Å². The van der Waals surface area contributed by atoms with Gasteiger partial charge in [0.05, 0.1) is 0 Å². The lowest BCUT2D eigenvalue weighted by molar-refractivity contribution is 0.473. The third kappa shape index (κ3) is 1.43. The molecule has 3 heteroatoms. The molecule has 0 aliphatic rings. The Balaban J connectivity index is 3.00. The van der Waals surface area contributed by atoms with Crippen LogP contribution in [0.5, 0.6) is 11.5 Å². The predicted octanol–water partition coefficient (Wildman–Crippen LogP) is 3.16. The van der Waals surface area contributed by atoms with Gasteiger partial charge in [-0.15, -0.1) is 12.6 Å². The maximum atomic E-state index is 9.94. The minimum absolute atomic E-state index is 0.181. The Morgan fingerprint density at radius 3 is 2.33 bits per heavy atom. The molecule has 2 rings (SSSR count). The maximum Gasteiger partial charge on any atom is 0.126 e. The summed E-state index contributed by atoms with van der Waals surface area (Å²) in [5, 5.41) is 20.8. The molecular formula is C12H12O2S. The van der Waals surface area contributed by atoms with Crippen molar-refractivity contribution >= 4 is 23.4 Å². The van der Waals surface area contributed by atoms with Crippen molar-refractivity contribution in [3.63, 3.8) is 0 Å². The molecule has 0 aromatic heterocycles. The lowest BCUT2D eigenvalue weighted by Gasteiger charge is -2.11. The Morgan fingerprint density at radius 2 is 1.67 bits per heavy atom. The topological polar surface area (TPSA) is 40.5 Å². The van der Waals surface area contributed by atoms with Gasteiger partial charge in [-0.25, -0.2) is 0 Å². The summed E-state index contributed by atoms with van der Waals surface area (Å²) in [6.45, 7) is 3.76. The quantitative estimate of drug-likeness (QED) is 0.597. The van der Waals surface area contributed by atoms with E-state index in [0.29, 0.717) is 0 Å². The molecule has 0 fully saturated rings. The fourth-order valence-corrected chi connectivity index (χ4v) is 2.05. The number of benzene rings is 2. The monoisotopic (exact) mass is 220 g/mol. The van der Waals surface area contributed by atoms with Crippen LogP contribution in [0.15, 0.2) is 23.1 Å². The highest BCUT2D eigenvalue weighted by atomic mass is 32.1. The molecule has 0 heterocycles.